The third-order valence-electron chi connectivity index (χ3n) is 2.97. The first-order valence-corrected chi connectivity index (χ1v) is 7.21. The van der Waals surface area contributed by atoms with Gasteiger partial charge < -0.3 is 19.3 Å². The number of esters is 2. The summed E-state index contributed by atoms with van der Waals surface area (Å²) in [5.41, 5.74) is 1.23. The van der Waals surface area contributed by atoms with Gasteiger partial charge in [0.1, 0.15) is 25.1 Å². The van der Waals surface area contributed by atoms with Gasteiger partial charge >= 0.3 is 11.9 Å². The normalized spacial score (nSPS) is 11.4. The fourth-order valence-electron chi connectivity index (χ4n) is 1.64. The van der Waals surface area contributed by atoms with Crippen LogP contribution in [0.4, 0.5) is 0 Å². The van der Waals surface area contributed by atoms with Crippen molar-refractivity contribution in [2.75, 3.05) is 20.3 Å². The molecule has 1 N–H and O–H groups in total. The van der Waals surface area contributed by atoms with Crippen LogP contribution < -0.4 is 4.74 Å². The minimum absolute atomic E-state index is 0.199. The van der Waals surface area contributed by atoms with Gasteiger partial charge in [-0.3, -0.25) is 4.79 Å². The van der Waals surface area contributed by atoms with E-state index in [4.69, 9.17) is 14.2 Å². The molecule has 1 unspecified atom stereocenters. The van der Waals surface area contributed by atoms with E-state index in [-0.39, 0.29) is 25.2 Å². The van der Waals surface area contributed by atoms with Crippen LogP contribution in [0.5, 0.6) is 5.75 Å². The van der Waals surface area contributed by atoms with Gasteiger partial charge in [0.2, 0.25) is 0 Å². The maximum absolute atomic E-state index is 11.6. The quantitative estimate of drug-likeness (QED) is 0.550. The van der Waals surface area contributed by atoms with Crippen LogP contribution in [-0.4, -0.2) is 43.5 Å². The Labute approximate surface area is 135 Å². The monoisotopic (exact) mass is 322 g/mol. The molecule has 6 nitrogen and oxygen atoms in total. The highest BCUT2D eigenvalue weighted by Gasteiger charge is 2.12. The molecule has 0 radical (unpaired) electrons. The summed E-state index contributed by atoms with van der Waals surface area (Å²) >= 11 is 0. The van der Waals surface area contributed by atoms with E-state index in [1.54, 1.807) is 7.11 Å². The highest BCUT2D eigenvalue weighted by molar-refractivity contribution is 5.86. The molecule has 1 atom stereocenters. The van der Waals surface area contributed by atoms with Crippen LogP contribution in [0.15, 0.2) is 36.4 Å². The average Bonchev–Trinajstić information content (AvgIpc) is 2.56. The van der Waals surface area contributed by atoms with Crippen molar-refractivity contribution in [2.24, 2.45) is 0 Å². The number of carbonyl (C=O) groups excluding carboxylic acids is 2. The van der Waals surface area contributed by atoms with Crippen LogP contribution in [0.1, 0.15) is 18.9 Å². The molecule has 1 rings (SSSR count). The Morgan fingerprint density at radius 3 is 2.35 bits per heavy atom. The van der Waals surface area contributed by atoms with Crippen molar-refractivity contribution in [2.45, 2.75) is 25.9 Å². The summed E-state index contributed by atoms with van der Waals surface area (Å²) in [7, 11) is 1.59. The second-order valence-corrected chi connectivity index (χ2v) is 5.06. The minimum atomic E-state index is -1.05. The Hall–Kier alpha value is -2.34. The maximum atomic E-state index is 11.6. The summed E-state index contributed by atoms with van der Waals surface area (Å²) in [4.78, 5) is 22.8. The Balaban J connectivity index is 2.22. The number of rotatable bonds is 9. The molecule has 0 saturated carbocycles. The second kappa shape index (κ2) is 9.63. The molecule has 0 heterocycles. The molecular weight excluding hydrogens is 300 g/mol. The molecule has 1 aromatic carbocycles. The van der Waals surface area contributed by atoms with Gasteiger partial charge in [-0.25, -0.2) is 4.79 Å². The number of aliphatic hydroxyl groups excluding tert-OH is 1. The van der Waals surface area contributed by atoms with Gasteiger partial charge in [-0.15, -0.1) is 0 Å². The lowest BCUT2D eigenvalue weighted by molar-refractivity contribution is -0.150. The number of methoxy groups -OCH3 is 1. The molecule has 0 aliphatic rings. The second-order valence-electron chi connectivity index (χ2n) is 5.06. The van der Waals surface area contributed by atoms with E-state index < -0.39 is 18.0 Å². The molecule has 6 heteroatoms. The summed E-state index contributed by atoms with van der Waals surface area (Å²) in [5.74, 6) is -0.260. The lowest BCUT2D eigenvalue weighted by atomic mass is 10.1. The van der Waals surface area contributed by atoms with Crippen LogP contribution in [0.2, 0.25) is 0 Å². The summed E-state index contributed by atoms with van der Waals surface area (Å²) < 4.78 is 14.7. The number of benzene rings is 1. The van der Waals surface area contributed by atoms with Crippen molar-refractivity contribution in [1.29, 1.82) is 0 Å². The van der Waals surface area contributed by atoms with E-state index in [9.17, 15) is 14.7 Å². The highest BCUT2D eigenvalue weighted by Crippen LogP contribution is 2.12. The van der Waals surface area contributed by atoms with Gasteiger partial charge in [-0.2, -0.15) is 0 Å². The van der Waals surface area contributed by atoms with Crippen molar-refractivity contribution in [3.63, 3.8) is 0 Å². The largest absolute Gasteiger partial charge is 0.497 e. The van der Waals surface area contributed by atoms with Crippen molar-refractivity contribution in [3.8, 4) is 5.75 Å². The minimum Gasteiger partial charge on any atom is -0.497 e. The zero-order valence-electron chi connectivity index (χ0n) is 13.4. The topological polar surface area (TPSA) is 82.1 Å². The van der Waals surface area contributed by atoms with Crippen LogP contribution in [0.3, 0.4) is 0 Å². The van der Waals surface area contributed by atoms with Crippen molar-refractivity contribution in [3.05, 3.63) is 42.0 Å². The Morgan fingerprint density at radius 1 is 1.17 bits per heavy atom. The molecular formula is C17H22O6. The molecule has 0 saturated heterocycles. The van der Waals surface area contributed by atoms with E-state index in [1.807, 2.05) is 24.3 Å². The Morgan fingerprint density at radius 2 is 1.78 bits per heavy atom. The summed E-state index contributed by atoms with van der Waals surface area (Å²) in [6, 6.07) is 7.39. The van der Waals surface area contributed by atoms with Crippen molar-refractivity contribution >= 4 is 11.9 Å². The smallest absolute Gasteiger partial charge is 0.333 e. The SMILES string of the molecule is C=C(C)C(=O)OCC(O)COC(=O)CCc1ccc(OC)cc1. The fourth-order valence-corrected chi connectivity index (χ4v) is 1.64. The van der Waals surface area contributed by atoms with Gasteiger partial charge in [0.15, 0.2) is 0 Å². The predicted octanol–water partition coefficient (Wildman–Crippen LogP) is 1.65. The molecule has 1 aromatic rings. The first-order chi connectivity index (χ1) is 10.9. The highest BCUT2D eigenvalue weighted by atomic mass is 16.6. The van der Waals surface area contributed by atoms with Crippen LogP contribution in [0, 0.1) is 0 Å². The number of carbonyl (C=O) groups is 2. The third-order valence-corrected chi connectivity index (χ3v) is 2.97. The molecule has 23 heavy (non-hydrogen) atoms. The van der Waals surface area contributed by atoms with Crippen LogP contribution >= 0.6 is 0 Å². The lowest BCUT2D eigenvalue weighted by Crippen LogP contribution is -2.25. The average molecular weight is 322 g/mol. The summed E-state index contributed by atoms with van der Waals surface area (Å²) in [6.45, 7) is 4.47. The van der Waals surface area contributed by atoms with Crippen molar-refractivity contribution in [1.82, 2.24) is 0 Å². The van der Waals surface area contributed by atoms with E-state index in [2.05, 4.69) is 6.58 Å². The zero-order valence-corrected chi connectivity index (χ0v) is 13.4. The van der Waals surface area contributed by atoms with E-state index in [0.29, 0.717) is 6.42 Å². The molecule has 126 valence electrons. The molecule has 0 aliphatic heterocycles. The van der Waals surface area contributed by atoms with Gasteiger partial charge in [-0.1, -0.05) is 18.7 Å². The first kappa shape index (κ1) is 18.7. The Kier molecular flexibility index (Phi) is 7.83. The van der Waals surface area contributed by atoms with E-state index >= 15 is 0 Å². The van der Waals surface area contributed by atoms with Gasteiger partial charge in [0.25, 0.3) is 0 Å². The van der Waals surface area contributed by atoms with Gasteiger partial charge in [0, 0.05) is 12.0 Å². The molecule has 0 aliphatic carbocycles. The number of aryl methyl sites for hydroxylation is 1. The molecule has 0 fully saturated rings. The number of hydrogen-bond donors (Lipinski definition) is 1. The fraction of sp³-hybridized carbons (Fsp3) is 0.412. The van der Waals surface area contributed by atoms with Crippen LogP contribution in [0.25, 0.3) is 0 Å². The first-order valence-electron chi connectivity index (χ1n) is 7.21. The number of ether oxygens (including phenoxy) is 3. The predicted molar refractivity (Wildman–Crippen MR) is 84.1 cm³/mol. The van der Waals surface area contributed by atoms with E-state index in [0.717, 1.165) is 11.3 Å². The molecule has 0 bridgehead atoms. The standard InChI is InChI=1S/C17H22O6/c1-12(2)17(20)23-11-14(18)10-22-16(19)9-6-13-4-7-15(21-3)8-5-13/h4-5,7-8,14,18H,1,6,9-11H2,2-3H3. The maximum Gasteiger partial charge on any atom is 0.333 e. The lowest BCUT2D eigenvalue weighted by Gasteiger charge is -2.12. The third kappa shape index (κ3) is 7.46. The van der Waals surface area contributed by atoms with Crippen molar-refractivity contribution < 1.29 is 28.9 Å². The summed E-state index contributed by atoms with van der Waals surface area (Å²) in [6.07, 6.45) is -0.322. The zero-order chi connectivity index (χ0) is 17.2. The van der Waals surface area contributed by atoms with E-state index in [1.165, 1.54) is 6.92 Å². The molecule has 0 amide bonds. The van der Waals surface area contributed by atoms with Crippen LogP contribution in [-0.2, 0) is 25.5 Å². The van der Waals surface area contributed by atoms with Gasteiger partial charge in [-0.05, 0) is 31.0 Å². The van der Waals surface area contributed by atoms with Gasteiger partial charge in [0.05, 0.1) is 7.11 Å². The molecule has 0 aromatic heterocycles. The number of hydrogen-bond acceptors (Lipinski definition) is 6. The summed E-state index contributed by atoms with van der Waals surface area (Å²) in [5, 5.41) is 9.57. The number of aliphatic hydroxyl groups is 1. The molecule has 0 spiro atoms. The Bertz CT molecular complexity index is 535.